The summed E-state index contributed by atoms with van der Waals surface area (Å²) < 4.78 is 6.19. The van der Waals surface area contributed by atoms with Crippen LogP contribution in [0.3, 0.4) is 0 Å². The van der Waals surface area contributed by atoms with Gasteiger partial charge in [-0.1, -0.05) is 78.3 Å². The quantitative estimate of drug-likeness (QED) is 0.251. The van der Waals surface area contributed by atoms with Gasteiger partial charge in [0, 0.05) is 5.56 Å². The number of rotatable bonds is 7. The van der Waals surface area contributed by atoms with Crippen LogP contribution in [0.1, 0.15) is 42.6 Å². The summed E-state index contributed by atoms with van der Waals surface area (Å²) in [5.41, 5.74) is 5.11. The molecule has 0 radical (unpaired) electrons. The van der Waals surface area contributed by atoms with Gasteiger partial charge in [0.25, 0.3) is 0 Å². The van der Waals surface area contributed by atoms with Gasteiger partial charge in [-0.3, -0.25) is 10.1 Å². The van der Waals surface area contributed by atoms with E-state index in [1.165, 1.54) is 11.3 Å². The van der Waals surface area contributed by atoms with E-state index >= 15 is 0 Å². The third-order valence-corrected chi connectivity index (χ3v) is 8.21. The monoisotopic (exact) mass is 531 g/mol. The van der Waals surface area contributed by atoms with E-state index in [2.05, 4.69) is 5.32 Å². The number of carboxylic acid groups (broad SMARTS) is 1. The average Bonchev–Trinajstić information content (AvgIpc) is 3.62. The molecule has 1 heterocycles. The lowest BCUT2D eigenvalue weighted by Gasteiger charge is -2.18. The van der Waals surface area contributed by atoms with E-state index in [9.17, 15) is 14.7 Å². The molecule has 1 atom stereocenters. The van der Waals surface area contributed by atoms with Crippen molar-refractivity contribution in [3.05, 3.63) is 99.9 Å². The molecular weight excluding hydrogens is 506 g/mol. The number of hydrogen-bond acceptors (Lipinski definition) is 4. The van der Waals surface area contributed by atoms with Crippen LogP contribution in [-0.4, -0.2) is 17.2 Å². The van der Waals surface area contributed by atoms with E-state index in [1.54, 1.807) is 6.07 Å². The third-order valence-electron chi connectivity index (χ3n) is 6.91. The number of nitrogens with one attached hydrogen (secondary N) is 1. The zero-order valence-corrected chi connectivity index (χ0v) is 22.0. The number of amides is 1. The Morgan fingerprint density at radius 3 is 2.38 bits per heavy atom. The summed E-state index contributed by atoms with van der Waals surface area (Å²) in [6, 6.07) is 25.1. The number of benzene rings is 3. The molecule has 1 amide bonds. The highest BCUT2D eigenvalue weighted by atomic mass is 35.5. The molecule has 1 aliphatic carbocycles. The Labute approximate surface area is 224 Å². The van der Waals surface area contributed by atoms with Crippen molar-refractivity contribution in [2.45, 2.75) is 38.2 Å². The van der Waals surface area contributed by atoms with Crippen molar-refractivity contribution in [2.24, 2.45) is 0 Å². The van der Waals surface area contributed by atoms with Gasteiger partial charge in [-0.25, -0.2) is 4.79 Å². The minimum atomic E-state index is -0.861. The summed E-state index contributed by atoms with van der Waals surface area (Å²) in [5, 5.41) is 12.8. The second-order valence-corrected chi connectivity index (χ2v) is 11.0. The summed E-state index contributed by atoms with van der Waals surface area (Å²) in [7, 11) is 0. The van der Waals surface area contributed by atoms with Crippen molar-refractivity contribution < 1.29 is 19.4 Å². The second-order valence-electron chi connectivity index (χ2n) is 9.34. The summed E-state index contributed by atoms with van der Waals surface area (Å²) in [6.45, 7) is 3.81. The maximum absolute atomic E-state index is 12.9. The van der Waals surface area contributed by atoms with Gasteiger partial charge in [0.05, 0.1) is 20.3 Å². The molecule has 1 aromatic heterocycles. The molecule has 1 unspecified atom stereocenters. The molecule has 1 aliphatic rings. The van der Waals surface area contributed by atoms with Gasteiger partial charge in [-0.15, -0.1) is 11.3 Å². The van der Waals surface area contributed by atoms with E-state index in [1.807, 2.05) is 86.6 Å². The van der Waals surface area contributed by atoms with Gasteiger partial charge in [0.1, 0.15) is 6.10 Å². The Morgan fingerprint density at radius 1 is 1.00 bits per heavy atom. The van der Waals surface area contributed by atoms with Crippen LogP contribution in [0.15, 0.2) is 78.9 Å². The molecule has 5 nitrogen and oxygen atoms in total. The predicted octanol–water partition coefficient (Wildman–Crippen LogP) is 8.47. The fraction of sp³-hybridized carbons (Fsp3) is 0.200. The molecule has 7 heteroatoms. The average molecular weight is 532 g/mol. The molecule has 0 bridgehead atoms. The van der Waals surface area contributed by atoms with E-state index in [-0.39, 0.29) is 0 Å². The van der Waals surface area contributed by atoms with Crippen LogP contribution in [0.25, 0.3) is 21.6 Å². The Kier molecular flexibility index (Phi) is 6.80. The Morgan fingerprint density at radius 2 is 1.70 bits per heavy atom. The van der Waals surface area contributed by atoms with Crippen molar-refractivity contribution >= 4 is 40.7 Å². The standard InChI is InChI=1S/C30H26ClNO4S/c1-18-8-6-7-11-22(18)19(2)36-29(35)32-25-17-26(31)37-27(25)24-16-21(30(14-15-30)28(33)34)12-13-23(24)20-9-4-3-5-10-20/h3-13,16-17,19H,14-15H2,1-2H3,(H,32,35)(H,33,34). The molecule has 4 aromatic rings. The van der Waals surface area contributed by atoms with Crippen LogP contribution in [-0.2, 0) is 14.9 Å². The normalized spacial score (nSPS) is 14.6. The lowest BCUT2D eigenvalue weighted by molar-refractivity contribution is -0.140. The Hall–Kier alpha value is -3.61. The van der Waals surface area contributed by atoms with Crippen molar-refractivity contribution in [2.75, 3.05) is 5.32 Å². The molecule has 2 N–H and O–H groups in total. The maximum atomic E-state index is 12.9. The molecular formula is C30H26ClNO4S. The SMILES string of the molecule is Cc1ccccc1C(C)OC(=O)Nc1cc(Cl)sc1-c1cc(C2(C(=O)O)CC2)ccc1-c1ccccc1. The fourth-order valence-corrected chi connectivity index (χ4v) is 5.92. The van der Waals surface area contributed by atoms with E-state index in [0.717, 1.165) is 38.3 Å². The molecule has 5 rings (SSSR count). The number of aryl methyl sites for hydroxylation is 1. The van der Waals surface area contributed by atoms with Crippen molar-refractivity contribution in [1.29, 1.82) is 0 Å². The van der Waals surface area contributed by atoms with E-state index in [0.29, 0.717) is 22.9 Å². The predicted molar refractivity (Wildman–Crippen MR) is 148 cm³/mol. The van der Waals surface area contributed by atoms with Gasteiger partial charge >= 0.3 is 12.1 Å². The molecule has 188 valence electrons. The molecule has 1 saturated carbocycles. The topological polar surface area (TPSA) is 75.6 Å². The van der Waals surface area contributed by atoms with Crippen LogP contribution < -0.4 is 5.32 Å². The zero-order valence-electron chi connectivity index (χ0n) is 20.5. The van der Waals surface area contributed by atoms with Crippen LogP contribution >= 0.6 is 22.9 Å². The Balaban J connectivity index is 1.51. The lowest BCUT2D eigenvalue weighted by atomic mass is 9.89. The number of hydrogen-bond donors (Lipinski definition) is 2. The van der Waals surface area contributed by atoms with E-state index in [4.69, 9.17) is 16.3 Å². The van der Waals surface area contributed by atoms with Crippen LogP contribution in [0, 0.1) is 6.92 Å². The highest BCUT2D eigenvalue weighted by Gasteiger charge is 2.51. The van der Waals surface area contributed by atoms with Crippen LogP contribution in [0.2, 0.25) is 4.34 Å². The maximum Gasteiger partial charge on any atom is 0.412 e. The smallest absolute Gasteiger partial charge is 0.412 e. The number of aliphatic carboxylic acids is 1. The number of halogens is 1. The highest BCUT2D eigenvalue weighted by molar-refractivity contribution is 7.20. The summed E-state index contributed by atoms with van der Waals surface area (Å²) in [5.74, 6) is -0.817. The first-order valence-electron chi connectivity index (χ1n) is 12.0. The second kappa shape index (κ2) is 10.0. The van der Waals surface area contributed by atoms with Crippen molar-refractivity contribution in [3.63, 3.8) is 0 Å². The van der Waals surface area contributed by atoms with Gasteiger partial charge < -0.3 is 9.84 Å². The highest BCUT2D eigenvalue weighted by Crippen LogP contribution is 2.51. The van der Waals surface area contributed by atoms with E-state index < -0.39 is 23.6 Å². The molecule has 37 heavy (non-hydrogen) atoms. The first-order chi connectivity index (χ1) is 17.8. The number of anilines is 1. The number of carbonyl (C=O) groups is 2. The molecule has 0 saturated heterocycles. The minimum absolute atomic E-state index is 0.438. The first kappa shape index (κ1) is 25.1. The summed E-state index contributed by atoms with van der Waals surface area (Å²) >= 11 is 7.78. The number of ether oxygens (including phenoxy) is 1. The van der Waals surface area contributed by atoms with Crippen LogP contribution in [0.4, 0.5) is 10.5 Å². The molecule has 1 fully saturated rings. The number of carbonyl (C=O) groups excluding carboxylic acids is 1. The third kappa shape index (κ3) is 4.99. The number of thiophene rings is 1. The first-order valence-corrected chi connectivity index (χ1v) is 13.2. The van der Waals surface area contributed by atoms with Gasteiger partial charge in [-0.2, -0.15) is 0 Å². The van der Waals surface area contributed by atoms with Gasteiger partial charge in [0.15, 0.2) is 0 Å². The van der Waals surface area contributed by atoms with Crippen molar-refractivity contribution in [3.8, 4) is 21.6 Å². The van der Waals surface area contributed by atoms with Gasteiger partial charge in [0.2, 0.25) is 0 Å². The lowest BCUT2D eigenvalue weighted by Crippen LogP contribution is -2.19. The molecule has 0 spiro atoms. The van der Waals surface area contributed by atoms with Crippen LogP contribution in [0.5, 0.6) is 0 Å². The summed E-state index contributed by atoms with van der Waals surface area (Å²) in [6.07, 6.45) is 0.179. The summed E-state index contributed by atoms with van der Waals surface area (Å²) in [4.78, 5) is 25.7. The van der Waals surface area contributed by atoms with Gasteiger partial charge in [-0.05, 0) is 66.6 Å². The minimum Gasteiger partial charge on any atom is -0.481 e. The Bertz CT molecular complexity index is 1480. The molecule has 3 aromatic carbocycles. The number of carboxylic acids is 1. The zero-order chi connectivity index (χ0) is 26.2. The molecule has 0 aliphatic heterocycles. The van der Waals surface area contributed by atoms with Crippen molar-refractivity contribution in [1.82, 2.24) is 0 Å². The fourth-order valence-electron chi connectivity index (χ4n) is 4.71. The largest absolute Gasteiger partial charge is 0.481 e.